The molecule has 0 aliphatic carbocycles. The molecule has 10 heteroatoms. The van der Waals surface area contributed by atoms with Gasteiger partial charge in [0.25, 0.3) is 12.3 Å². The maximum absolute atomic E-state index is 12.4. The van der Waals surface area contributed by atoms with E-state index in [-0.39, 0.29) is 0 Å². The summed E-state index contributed by atoms with van der Waals surface area (Å²) < 4.78 is 64.0. The first-order chi connectivity index (χ1) is 8.60. The first kappa shape index (κ1) is 14.9. The number of carboxylic acid groups (broad SMARTS) is 1. The van der Waals surface area contributed by atoms with Crippen LogP contribution in [-0.2, 0) is 11.2 Å². The van der Waals surface area contributed by atoms with E-state index >= 15 is 0 Å². The molecule has 0 unspecified atom stereocenters. The van der Waals surface area contributed by atoms with Gasteiger partial charge < -0.3 is 14.9 Å². The van der Waals surface area contributed by atoms with Crippen molar-refractivity contribution in [2.24, 2.45) is 0 Å². The van der Waals surface area contributed by atoms with E-state index in [0.717, 1.165) is 0 Å². The molecule has 0 radical (unpaired) electrons. The molecule has 0 atom stereocenters. The number of aromatic hydroxyl groups is 1. The van der Waals surface area contributed by atoms with Crippen LogP contribution in [0.4, 0.5) is 22.0 Å². The first-order valence-electron chi connectivity index (χ1n) is 4.58. The molecular formula is C9H6F5NO4. The van der Waals surface area contributed by atoms with Crippen molar-refractivity contribution >= 4 is 5.97 Å². The van der Waals surface area contributed by atoms with Crippen molar-refractivity contribution in [1.82, 2.24) is 4.98 Å². The van der Waals surface area contributed by atoms with Crippen LogP contribution in [0.2, 0.25) is 0 Å². The van der Waals surface area contributed by atoms with Crippen molar-refractivity contribution in [2.45, 2.75) is 19.2 Å². The minimum atomic E-state index is -5.26. The van der Waals surface area contributed by atoms with Gasteiger partial charge in [-0.2, -0.15) is 0 Å². The minimum absolute atomic E-state index is 0.497. The summed E-state index contributed by atoms with van der Waals surface area (Å²) in [4.78, 5) is 13.2. The summed E-state index contributed by atoms with van der Waals surface area (Å²) in [6, 6.07) is 0.497. The van der Waals surface area contributed by atoms with Crippen LogP contribution in [0.5, 0.6) is 11.6 Å². The number of ether oxygens (including phenoxy) is 1. The van der Waals surface area contributed by atoms with Gasteiger partial charge in [0.15, 0.2) is 5.75 Å². The van der Waals surface area contributed by atoms with E-state index in [9.17, 15) is 31.9 Å². The Labute approximate surface area is 102 Å². The zero-order chi connectivity index (χ0) is 14.8. The van der Waals surface area contributed by atoms with Gasteiger partial charge in [0.1, 0.15) is 5.69 Å². The number of hydrogen-bond donors (Lipinski definition) is 2. The Morgan fingerprint density at radius 1 is 1.42 bits per heavy atom. The number of rotatable bonds is 4. The van der Waals surface area contributed by atoms with Gasteiger partial charge in [0.05, 0.1) is 6.42 Å². The number of carboxylic acids is 1. The quantitative estimate of drug-likeness (QED) is 0.830. The van der Waals surface area contributed by atoms with E-state index in [4.69, 9.17) is 5.11 Å². The maximum Gasteiger partial charge on any atom is 0.574 e. The molecule has 0 saturated heterocycles. The number of halogens is 5. The fourth-order valence-electron chi connectivity index (χ4n) is 1.18. The first-order valence-corrected chi connectivity index (χ1v) is 4.58. The Morgan fingerprint density at radius 2 is 2.00 bits per heavy atom. The molecular weight excluding hydrogens is 281 g/mol. The van der Waals surface area contributed by atoms with E-state index in [1.807, 2.05) is 0 Å². The molecule has 1 aromatic rings. The molecule has 0 aromatic carbocycles. The fraction of sp³-hybridized carbons (Fsp3) is 0.333. The molecule has 19 heavy (non-hydrogen) atoms. The Hall–Kier alpha value is -2.13. The summed E-state index contributed by atoms with van der Waals surface area (Å²) in [6.07, 6.45) is -9.46. The summed E-state index contributed by atoms with van der Waals surface area (Å²) in [7, 11) is 0. The SMILES string of the molecule is O=C(O)Cc1cc(C(F)F)nc(OC(F)(F)F)c1O. The van der Waals surface area contributed by atoms with Gasteiger partial charge >= 0.3 is 12.3 Å². The van der Waals surface area contributed by atoms with Crippen LogP contribution in [0.25, 0.3) is 0 Å². The van der Waals surface area contributed by atoms with Crippen molar-refractivity contribution in [3.05, 3.63) is 17.3 Å². The summed E-state index contributed by atoms with van der Waals surface area (Å²) in [6.45, 7) is 0. The number of hydrogen-bond acceptors (Lipinski definition) is 4. The molecule has 5 nitrogen and oxygen atoms in total. The summed E-state index contributed by atoms with van der Waals surface area (Å²) in [5, 5.41) is 17.8. The maximum atomic E-state index is 12.4. The molecule has 0 fully saturated rings. The molecule has 0 amide bonds. The van der Waals surface area contributed by atoms with Gasteiger partial charge in [0.2, 0.25) is 0 Å². The average Bonchev–Trinajstić information content (AvgIpc) is 2.20. The van der Waals surface area contributed by atoms with Crippen molar-refractivity contribution in [3.63, 3.8) is 0 Å². The molecule has 106 valence electrons. The second kappa shape index (κ2) is 5.24. The normalized spacial score (nSPS) is 11.7. The molecule has 0 saturated carbocycles. The Kier molecular flexibility index (Phi) is 4.12. The Morgan fingerprint density at radius 3 is 2.42 bits per heavy atom. The second-order valence-electron chi connectivity index (χ2n) is 3.28. The molecule has 0 spiro atoms. The second-order valence-corrected chi connectivity index (χ2v) is 3.28. The lowest BCUT2D eigenvalue weighted by atomic mass is 10.1. The van der Waals surface area contributed by atoms with E-state index in [1.54, 1.807) is 0 Å². The molecule has 0 bridgehead atoms. The van der Waals surface area contributed by atoms with Crippen LogP contribution in [-0.4, -0.2) is 27.5 Å². The molecule has 2 N–H and O–H groups in total. The predicted octanol–water partition coefficient (Wildman–Crippen LogP) is 2.25. The third-order valence-electron chi connectivity index (χ3n) is 1.84. The lowest BCUT2D eigenvalue weighted by Gasteiger charge is -2.13. The van der Waals surface area contributed by atoms with Gasteiger partial charge in [-0.05, 0) is 6.07 Å². The number of nitrogens with zero attached hydrogens (tertiary/aromatic N) is 1. The number of carbonyl (C=O) groups is 1. The van der Waals surface area contributed by atoms with Gasteiger partial charge in [-0.15, -0.1) is 13.2 Å². The van der Waals surface area contributed by atoms with Gasteiger partial charge in [0, 0.05) is 5.56 Å². The van der Waals surface area contributed by atoms with Crippen molar-refractivity contribution in [3.8, 4) is 11.6 Å². The van der Waals surface area contributed by atoms with Crippen LogP contribution in [0, 0.1) is 0 Å². The van der Waals surface area contributed by atoms with Gasteiger partial charge in [-0.1, -0.05) is 0 Å². The molecule has 0 aliphatic rings. The summed E-state index contributed by atoms with van der Waals surface area (Å²) in [5.74, 6) is -4.29. The van der Waals surface area contributed by atoms with Crippen LogP contribution in [0.15, 0.2) is 6.07 Å². The predicted molar refractivity (Wildman–Crippen MR) is 48.9 cm³/mol. The van der Waals surface area contributed by atoms with Crippen molar-refractivity contribution < 1.29 is 41.7 Å². The standard InChI is InChI=1S/C9H6F5NO4/c10-7(11)4-1-3(2-5(16)17)6(18)8(15-4)19-9(12,13)14/h1,7,18H,2H2,(H,16,17). The van der Waals surface area contributed by atoms with Gasteiger partial charge in [-0.3, -0.25) is 4.79 Å². The minimum Gasteiger partial charge on any atom is -0.503 e. The van der Waals surface area contributed by atoms with Gasteiger partial charge in [-0.25, -0.2) is 13.8 Å². The smallest absolute Gasteiger partial charge is 0.503 e. The topological polar surface area (TPSA) is 79.7 Å². The lowest BCUT2D eigenvalue weighted by molar-refractivity contribution is -0.276. The monoisotopic (exact) mass is 287 g/mol. The number of aliphatic carboxylic acids is 1. The van der Waals surface area contributed by atoms with Crippen LogP contribution in [0.1, 0.15) is 17.7 Å². The molecule has 1 aromatic heterocycles. The van der Waals surface area contributed by atoms with E-state index < -0.39 is 48.1 Å². The van der Waals surface area contributed by atoms with Crippen molar-refractivity contribution in [2.75, 3.05) is 0 Å². The Balaban J connectivity index is 3.28. The van der Waals surface area contributed by atoms with E-state index in [2.05, 4.69) is 9.72 Å². The Bertz CT molecular complexity index is 488. The number of alkyl halides is 5. The van der Waals surface area contributed by atoms with Crippen LogP contribution < -0.4 is 4.74 Å². The summed E-state index contributed by atoms with van der Waals surface area (Å²) in [5.41, 5.74) is -1.79. The molecule has 0 aliphatic heterocycles. The number of aromatic nitrogens is 1. The molecule has 1 heterocycles. The van der Waals surface area contributed by atoms with Crippen LogP contribution >= 0.6 is 0 Å². The van der Waals surface area contributed by atoms with E-state index in [0.29, 0.717) is 6.07 Å². The zero-order valence-electron chi connectivity index (χ0n) is 8.91. The average molecular weight is 287 g/mol. The van der Waals surface area contributed by atoms with Crippen molar-refractivity contribution in [1.29, 1.82) is 0 Å². The van der Waals surface area contributed by atoms with E-state index in [1.165, 1.54) is 0 Å². The fourth-order valence-corrected chi connectivity index (χ4v) is 1.18. The third kappa shape index (κ3) is 4.23. The highest BCUT2D eigenvalue weighted by Gasteiger charge is 2.34. The largest absolute Gasteiger partial charge is 0.574 e. The molecule has 1 rings (SSSR count). The van der Waals surface area contributed by atoms with Crippen LogP contribution in [0.3, 0.4) is 0 Å². The number of pyridine rings is 1. The highest BCUT2D eigenvalue weighted by Crippen LogP contribution is 2.35. The summed E-state index contributed by atoms with van der Waals surface area (Å²) >= 11 is 0. The highest BCUT2D eigenvalue weighted by molar-refractivity contribution is 5.71. The highest BCUT2D eigenvalue weighted by atomic mass is 19.4. The lowest BCUT2D eigenvalue weighted by Crippen LogP contribution is -2.19. The zero-order valence-corrected chi connectivity index (χ0v) is 8.91. The third-order valence-corrected chi connectivity index (χ3v) is 1.84.